The maximum atomic E-state index is 13.4. The van der Waals surface area contributed by atoms with E-state index in [9.17, 15) is 22.8 Å². The number of nitrogens with zero attached hydrogens (tertiary/aromatic N) is 1. The molecule has 0 aliphatic carbocycles. The van der Waals surface area contributed by atoms with Crippen LogP contribution in [0.1, 0.15) is 10.4 Å². The van der Waals surface area contributed by atoms with E-state index in [-0.39, 0.29) is 11.4 Å². The number of anilines is 1. The average molecular weight is 339 g/mol. The minimum atomic E-state index is -1.70. The zero-order valence-electron chi connectivity index (χ0n) is 12.4. The molecule has 2 rings (SSSR count). The normalized spacial score (nSPS) is 10.2. The van der Waals surface area contributed by atoms with Crippen molar-refractivity contribution in [3.05, 3.63) is 53.5 Å². The number of hydrogen-bond acceptors (Lipinski definition) is 4. The third-order valence-corrected chi connectivity index (χ3v) is 2.93. The Balaban J connectivity index is 1.99. The molecule has 0 radical (unpaired) electrons. The number of hydrogen-bond donors (Lipinski definition) is 2. The standard InChI is InChI=1S/C15H12F3N3O3/c1-24-15-8(3-2-6-19-15)14(23)20-7-11(22)21-10-5-4-9(16)12(17)13(10)18/h2-6H,7H2,1H3,(H,20,23)(H,21,22). The summed E-state index contributed by atoms with van der Waals surface area (Å²) in [5.74, 6) is -5.98. The molecule has 2 N–H and O–H groups in total. The van der Waals surface area contributed by atoms with Crippen LogP contribution in [0.25, 0.3) is 0 Å². The molecule has 9 heteroatoms. The molecule has 0 bridgehead atoms. The Morgan fingerprint density at radius 2 is 1.92 bits per heavy atom. The molecule has 0 atom stereocenters. The van der Waals surface area contributed by atoms with Gasteiger partial charge in [0.05, 0.1) is 19.3 Å². The fourth-order valence-corrected chi connectivity index (χ4v) is 1.80. The van der Waals surface area contributed by atoms with E-state index < -0.39 is 41.5 Å². The molecule has 0 saturated carbocycles. The van der Waals surface area contributed by atoms with Crippen molar-refractivity contribution in [1.82, 2.24) is 10.3 Å². The number of nitrogens with one attached hydrogen (secondary N) is 2. The van der Waals surface area contributed by atoms with Gasteiger partial charge in [0.2, 0.25) is 11.8 Å². The summed E-state index contributed by atoms with van der Waals surface area (Å²) in [6.07, 6.45) is 1.42. The highest BCUT2D eigenvalue weighted by atomic mass is 19.2. The summed E-state index contributed by atoms with van der Waals surface area (Å²) in [6, 6.07) is 4.49. The molecule has 0 unspecified atom stereocenters. The molecule has 0 aliphatic rings. The zero-order chi connectivity index (χ0) is 17.7. The lowest BCUT2D eigenvalue weighted by Gasteiger charge is -2.09. The fourth-order valence-electron chi connectivity index (χ4n) is 1.80. The van der Waals surface area contributed by atoms with Gasteiger partial charge in [-0.15, -0.1) is 0 Å². The quantitative estimate of drug-likeness (QED) is 0.815. The van der Waals surface area contributed by atoms with Gasteiger partial charge < -0.3 is 15.4 Å². The summed E-state index contributed by atoms with van der Waals surface area (Å²) >= 11 is 0. The molecule has 1 aromatic heterocycles. The van der Waals surface area contributed by atoms with Crippen molar-refractivity contribution in [3.63, 3.8) is 0 Å². The molecule has 0 fully saturated rings. The van der Waals surface area contributed by atoms with Gasteiger partial charge >= 0.3 is 0 Å². The van der Waals surface area contributed by atoms with Gasteiger partial charge in [-0.3, -0.25) is 9.59 Å². The van der Waals surface area contributed by atoms with E-state index in [0.29, 0.717) is 6.07 Å². The van der Waals surface area contributed by atoms with Crippen molar-refractivity contribution in [3.8, 4) is 5.88 Å². The van der Waals surface area contributed by atoms with E-state index in [4.69, 9.17) is 4.74 Å². The van der Waals surface area contributed by atoms with Crippen LogP contribution in [0, 0.1) is 17.5 Å². The van der Waals surface area contributed by atoms with E-state index in [0.717, 1.165) is 6.07 Å². The molecule has 0 spiro atoms. The summed E-state index contributed by atoms with van der Waals surface area (Å²) in [5, 5.41) is 4.31. The topological polar surface area (TPSA) is 80.3 Å². The van der Waals surface area contributed by atoms with Crippen molar-refractivity contribution >= 4 is 17.5 Å². The molecule has 0 saturated heterocycles. The van der Waals surface area contributed by atoms with Gasteiger partial charge in [-0.2, -0.15) is 0 Å². The number of carbonyl (C=O) groups excluding carboxylic acids is 2. The van der Waals surface area contributed by atoms with Crippen LogP contribution in [0.15, 0.2) is 30.5 Å². The van der Waals surface area contributed by atoms with Gasteiger partial charge in [0.1, 0.15) is 5.56 Å². The van der Waals surface area contributed by atoms with Crippen molar-refractivity contribution < 1.29 is 27.5 Å². The molecule has 0 aliphatic heterocycles. The first-order valence-electron chi connectivity index (χ1n) is 6.64. The summed E-state index contributed by atoms with van der Waals surface area (Å²) in [4.78, 5) is 27.5. The van der Waals surface area contributed by atoms with E-state index in [1.54, 1.807) is 0 Å². The van der Waals surface area contributed by atoms with E-state index in [1.807, 2.05) is 5.32 Å². The smallest absolute Gasteiger partial charge is 0.257 e. The highest BCUT2D eigenvalue weighted by molar-refractivity contribution is 6.00. The van der Waals surface area contributed by atoms with E-state index >= 15 is 0 Å². The molecular weight excluding hydrogens is 327 g/mol. The average Bonchev–Trinajstić information content (AvgIpc) is 2.60. The summed E-state index contributed by atoms with van der Waals surface area (Å²) in [6.45, 7) is -0.519. The number of rotatable bonds is 5. The summed E-state index contributed by atoms with van der Waals surface area (Å²) in [7, 11) is 1.33. The Morgan fingerprint density at radius 3 is 2.62 bits per heavy atom. The fraction of sp³-hybridized carbons (Fsp3) is 0.133. The number of benzene rings is 1. The summed E-state index contributed by atoms with van der Waals surface area (Å²) < 4.78 is 44.2. The predicted octanol–water partition coefficient (Wildman–Crippen LogP) is 1.88. The molecule has 1 heterocycles. The molecule has 2 amide bonds. The number of halogens is 3. The highest BCUT2D eigenvalue weighted by Gasteiger charge is 2.17. The number of pyridine rings is 1. The van der Waals surface area contributed by atoms with E-state index in [1.165, 1.54) is 25.4 Å². The van der Waals surface area contributed by atoms with Crippen LogP contribution < -0.4 is 15.4 Å². The first-order chi connectivity index (χ1) is 11.4. The van der Waals surface area contributed by atoms with Gasteiger partial charge in [-0.25, -0.2) is 18.2 Å². The molecular formula is C15H12F3N3O3. The zero-order valence-corrected chi connectivity index (χ0v) is 12.4. The number of amides is 2. The van der Waals surface area contributed by atoms with Crippen molar-refractivity contribution in [1.29, 1.82) is 0 Å². The molecule has 24 heavy (non-hydrogen) atoms. The molecule has 6 nitrogen and oxygen atoms in total. The van der Waals surface area contributed by atoms with Gasteiger partial charge in [-0.05, 0) is 24.3 Å². The van der Waals surface area contributed by atoms with Crippen LogP contribution in [-0.2, 0) is 4.79 Å². The lowest BCUT2D eigenvalue weighted by Crippen LogP contribution is -2.33. The Labute approximate surface area is 134 Å². The van der Waals surface area contributed by atoms with Crippen LogP contribution >= 0.6 is 0 Å². The summed E-state index contributed by atoms with van der Waals surface area (Å²) in [5.41, 5.74) is -0.432. The van der Waals surface area contributed by atoms with Gasteiger partial charge in [0.15, 0.2) is 17.5 Å². The first-order valence-corrected chi connectivity index (χ1v) is 6.64. The number of ether oxygens (including phenoxy) is 1. The molecule has 1 aromatic carbocycles. The number of aromatic nitrogens is 1. The first kappa shape index (κ1) is 17.3. The largest absolute Gasteiger partial charge is 0.480 e. The minimum absolute atomic E-state index is 0.0714. The maximum absolute atomic E-state index is 13.4. The lowest BCUT2D eigenvalue weighted by molar-refractivity contribution is -0.115. The second-order valence-electron chi connectivity index (χ2n) is 4.51. The minimum Gasteiger partial charge on any atom is -0.480 e. The third kappa shape index (κ3) is 3.80. The Bertz CT molecular complexity index is 784. The Hall–Kier alpha value is -3.10. The molecule has 2 aromatic rings. The predicted molar refractivity (Wildman–Crippen MR) is 78.1 cm³/mol. The highest BCUT2D eigenvalue weighted by Crippen LogP contribution is 2.19. The van der Waals surface area contributed by atoms with Crippen LogP contribution in [-0.4, -0.2) is 30.5 Å². The van der Waals surface area contributed by atoms with Gasteiger partial charge in [0, 0.05) is 6.20 Å². The van der Waals surface area contributed by atoms with Crippen LogP contribution in [0.3, 0.4) is 0 Å². The van der Waals surface area contributed by atoms with Crippen molar-refractivity contribution in [2.24, 2.45) is 0 Å². The SMILES string of the molecule is COc1ncccc1C(=O)NCC(=O)Nc1ccc(F)c(F)c1F. The van der Waals surface area contributed by atoms with Crippen molar-refractivity contribution in [2.75, 3.05) is 19.0 Å². The van der Waals surface area contributed by atoms with Crippen LogP contribution in [0.2, 0.25) is 0 Å². The maximum Gasteiger partial charge on any atom is 0.257 e. The third-order valence-electron chi connectivity index (χ3n) is 2.93. The monoisotopic (exact) mass is 339 g/mol. The second kappa shape index (κ2) is 7.44. The van der Waals surface area contributed by atoms with Crippen molar-refractivity contribution in [2.45, 2.75) is 0 Å². The van der Waals surface area contributed by atoms with Crippen LogP contribution in [0.4, 0.5) is 18.9 Å². The Kier molecular flexibility index (Phi) is 5.35. The van der Waals surface area contributed by atoms with E-state index in [2.05, 4.69) is 10.3 Å². The van der Waals surface area contributed by atoms with Gasteiger partial charge in [-0.1, -0.05) is 0 Å². The van der Waals surface area contributed by atoms with Gasteiger partial charge in [0.25, 0.3) is 5.91 Å². The number of carbonyl (C=O) groups is 2. The number of methoxy groups -OCH3 is 1. The lowest BCUT2D eigenvalue weighted by atomic mass is 10.2. The second-order valence-corrected chi connectivity index (χ2v) is 4.51. The molecule has 126 valence electrons. The van der Waals surface area contributed by atoms with Crippen LogP contribution in [0.5, 0.6) is 5.88 Å². The Morgan fingerprint density at radius 1 is 1.17 bits per heavy atom.